The molecule has 0 aromatic heterocycles. The highest BCUT2D eigenvalue weighted by Gasteiger charge is 2.81. The van der Waals surface area contributed by atoms with E-state index in [2.05, 4.69) is 5.32 Å². The SMILES string of the molecule is O=C1NC(=O)[C@H]2[C@@H]1[C@@]1(c3ccc(Cl)cc3)C(=O)[C@@]2(c2ccc(Cl)cc2)C(c2ccccc2)=C1c1ccccc1. The predicted molar refractivity (Wildman–Crippen MR) is 151 cm³/mol. The number of carbonyl (C=O) groups is 3. The maximum atomic E-state index is 15.4. The van der Waals surface area contributed by atoms with Gasteiger partial charge in [0.15, 0.2) is 5.78 Å². The molecular formula is C33H21Cl2NO3. The molecule has 2 amide bonds. The molecule has 3 aliphatic rings. The van der Waals surface area contributed by atoms with E-state index in [1.54, 1.807) is 24.3 Å². The van der Waals surface area contributed by atoms with Crippen LogP contribution in [0.4, 0.5) is 0 Å². The van der Waals surface area contributed by atoms with Crippen molar-refractivity contribution in [1.29, 1.82) is 0 Å². The first-order valence-corrected chi connectivity index (χ1v) is 13.4. The molecular weight excluding hydrogens is 529 g/mol. The molecule has 4 aromatic carbocycles. The summed E-state index contributed by atoms with van der Waals surface area (Å²) in [6, 6.07) is 33.5. The van der Waals surface area contributed by atoms with Crippen LogP contribution < -0.4 is 5.32 Å². The average Bonchev–Trinajstić information content (AvgIpc) is 3.49. The minimum atomic E-state index is -1.42. The second-order valence-electron chi connectivity index (χ2n) is 10.2. The Morgan fingerprint density at radius 3 is 1.23 bits per heavy atom. The summed E-state index contributed by atoms with van der Waals surface area (Å²) in [5, 5.41) is 3.61. The topological polar surface area (TPSA) is 63.2 Å². The minimum Gasteiger partial charge on any atom is -0.297 e. The Morgan fingerprint density at radius 1 is 0.513 bits per heavy atom. The third-order valence-corrected chi connectivity index (χ3v) is 9.06. The molecule has 1 N–H and O–H groups in total. The zero-order valence-electron chi connectivity index (χ0n) is 20.5. The highest BCUT2D eigenvalue weighted by atomic mass is 35.5. The van der Waals surface area contributed by atoms with E-state index >= 15 is 4.79 Å². The number of hydrogen-bond donors (Lipinski definition) is 1. The average molecular weight is 550 g/mol. The van der Waals surface area contributed by atoms with Gasteiger partial charge < -0.3 is 0 Å². The van der Waals surface area contributed by atoms with Crippen molar-refractivity contribution in [2.75, 3.05) is 0 Å². The molecule has 39 heavy (non-hydrogen) atoms. The number of rotatable bonds is 4. The smallest absolute Gasteiger partial charge is 0.232 e. The summed E-state index contributed by atoms with van der Waals surface area (Å²) in [4.78, 5) is 42.9. The van der Waals surface area contributed by atoms with E-state index in [0.717, 1.165) is 22.3 Å². The minimum absolute atomic E-state index is 0.185. The molecule has 4 atom stereocenters. The van der Waals surface area contributed by atoms with Crippen LogP contribution in [0.1, 0.15) is 22.3 Å². The van der Waals surface area contributed by atoms with Crippen LogP contribution in [-0.4, -0.2) is 17.6 Å². The molecule has 1 aliphatic heterocycles. The van der Waals surface area contributed by atoms with Crippen LogP contribution >= 0.6 is 23.2 Å². The first-order chi connectivity index (χ1) is 18.9. The fourth-order valence-electron chi connectivity index (χ4n) is 7.29. The van der Waals surface area contributed by atoms with E-state index in [1.807, 2.05) is 84.9 Å². The van der Waals surface area contributed by atoms with Gasteiger partial charge in [-0.3, -0.25) is 19.7 Å². The number of amides is 2. The van der Waals surface area contributed by atoms with Crippen LogP contribution in [0.25, 0.3) is 11.1 Å². The highest BCUT2D eigenvalue weighted by Crippen LogP contribution is 2.73. The molecule has 0 spiro atoms. The molecule has 2 aliphatic carbocycles. The fraction of sp³-hybridized carbons (Fsp3) is 0.121. The number of benzene rings is 4. The van der Waals surface area contributed by atoms with E-state index in [4.69, 9.17) is 23.2 Å². The second kappa shape index (κ2) is 8.51. The number of fused-ring (bicyclic) bond motifs is 5. The summed E-state index contributed by atoms with van der Waals surface area (Å²) in [7, 11) is 0. The second-order valence-corrected chi connectivity index (χ2v) is 11.1. The summed E-state index contributed by atoms with van der Waals surface area (Å²) in [6.45, 7) is 0. The number of Topliss-reactive ketones (excluding diaryl/α,β-unsaturated/α-hetero) is 1. The maximum absolute atomic E-state index is 15.4. The molecule has 2 bridgehead atoms. The van der Waals surface area contributed by atoms with Crippen molar-refractivity contribution < 1.29 is 14.4 Å². The van der Waals surface area contributed by atoms with Crippen LogP contribution in [0.15, 0.2) is 109 Å². The predicted octanol–water partition coefficient (Wildman–Crippen LogP) is 6.27. The number of allylic oxidation sites excluding steroid dienone is 2. The summed E-state index contributed by atoms with van der Waals surface area (Å²) in [5.41, 5.74) is 1.55. The van der Waals surface area contributed by atoms with Gasteiger partial charge in [-0.15, -0.1) is 0 Å². The van der Waals surface area contributed by atoms with E-state index in [0.29, 0.717) is 21.2 Å². The van der Waals surface area contributed by atoms with Gasteiger partial charge in [-0.2, -0.15) is 0 Å². The van der Waals surface area contributed by atoms with Gasteiger partial charge in [0.25, 0.3) is 0 Å². The van der Waals surface area contributed by atoms with Crippen LogP contribution in [0.3, 0.4) is 0 Å². The van der Waals surface area contributed by atoms with Gasteiger partial charge in [0.2, 0.25) is 11.8 Å². The van der Waals surface area contributed by atoms with Crippen molar-refractivity contribution in [3.8, 4) is 0 Å². The quantitative estimate of drug-likeness (QED) is 0.305. The zero-order chi connectivity index (χ0) is 26.9. The standard InChI is InChI=1S/C33H21Cl2NO3/c34-23-15-11-21(12-16-23)32-25(19-7-3-1-4-8-19)26(20-9-5-2-6-10-20)33(31(32)39,22-13-17-24(35)18-14-22)28-27(32)29(37)36-30(28)38/h1-18,27-28H,(H,36,37,38)/t27-,28+,32-,33-/m0/s1. The Hall–Kier alpha value is -3.99. The first kappa shape index (κ1) is 24.1. The Bertz CT molecular complexity index is 1570. The third-order valence-electron chi connectivity index (χ3n) is 8.56. The Labute approximate surface area is 235 Å². The van der Waals surface area contributed by atoms with Gasteiger partial charge in [-0.1, -0.05) is 108 Å². The monoisotopic (exact) mass is 549 g/mol. The van der Waals surface area contributed by atoms with Crippen molar-refractivity contribution in [2.45, 2.75) is 10.8 Å². The molecule has 1 saturated carbocycles. The van der Waals surface area contributed by atoms with Crippen molar-refractivity contribution >= 4 is 51.9 Å². The summed E-state index contributed by atoms with van der Waals surface area (Å²) in [5.74, 6) is -2.93. The number of halogens is 2. The summed E-state index contributed by atoms with van der Waals surface area (Å²) in [6.07, 6.45) is 0. The van der Waals surface area contributed by atoms with Gasteiger partial charge >= 0.3 is 0 Å². The molecule has 1 saturated heterocycles. The number of nitrogens with one attached hydrogen (secondary N) is 1. The van der Waals surface area contributed by atoms with Crippen LogP contribution in [0, 0.1) is 11.8 Å². The largest absolute Gasteiger partial charge is 0.297 e. The molecule has 0 unspecified atom stereocenters. The number of imide groups is 1. The summed E-state index contributed by atoms with van der Waals surface area (Å²) < 4.78 is 0. The van der Waals surface area contributed by atoms with Gasteiger partial charge in [-0.25, -0.2) is 0 Å². The summed E-state index contributed by atoms with van der Waals surface area (Å²) >= 11 is 12.6. The van der Waals surface area contributed by atoms with Crippen LogP contribution in [-0.2, 0) is 25.2 Å². The molecule has 0 radical (unpaired) electrons. The van der Waals surface area contributed by atoms with Gasteiger partial charge in [-0.05, 0) is 57.7 Å². The third kappa shape index (κ3) is 2.99. The molecule has 190 valence electrons. The molecule has 2 fully saturated rings. The van der Waals surface area contributed by atoms with E-state index in [9.17, 15) is 9.59 Å². The Balaban J connectivity index is 1.72. The van der Waals surface area contributed by atoms with E-state index in [-0.39, 0.29) is 5.78 Å². The Kier molecular flexibility index (Phi) is 5.25. The van der Waals surface area contributed by atoms with Crippen molar-refractivity contribution in [2.24, 2.45) is 11.8 Å². The van der Waals surface area contributed by atoms with Crippen molar-refractivity contribution in [3.05, 3.63) is 141 Å². The number of ketones is 1. The molecule has 6 heteroatoms. The highest BCUT2D eigenvalue weighted by molar-refractivity contribution is 6.36. The van der Waals surface area contributed by atoms with Gasteiger partial charge in [0, 0.05) is 10.0 Å². The van der Waals surface area contributed by atoms with Crippen LogP contribution in [0.2, 0.25) is 10.0 Å². The molecule has 4 aromatic rings. The van der Waals surface area contributed by atoms with Crippen LogP contribution in [0.5, 0.6) is 0 Å². The number of carbonyl (C=O) groups excluding carboxylic acids is 3. The zero-order valence-corrected chi connectivity index (χ0v) is 22.0. The lowest BCUT2D eigenvalue weighted by molar-refractivity contribution is -0.132. The normalized spacial score (nSPS) is 27.2. The lowest BCUT2D eigenvalue weighted by atomic mass is 9.59. The van der Waals surface area contributed by atoms with E-state index in [1.165, 1.54) is 0 Å². The van der Waals surface area contributed by atoms with Gasteiger partial charge in [0.1, 0.15) is 0 Å². The Morgan fingerprint density at radius 2 is 0.872 bits per heavy atom. The van der Waals surface area contributed by atoms with Crippen molar-refractivity contribution in [3.63, 3.8) is 0 Å². The van der Waals surface area contributed by atoms with Crippen molar-refractivity contribution in [1.82, 2.24) is 5.32 Å². The fourth-order valence-corrected chi connectivity index (χ4v) is 7.54. The molecule has 7 rings (SSSR count). The molecule has 1 heterocycles. The van der Waals surface area contributed by atoms with E-state index < -0.39 is 34.5 Å². The lowest BCUT2D eigenvalue weighted by Crippen LogP contribution is -2.44. The molecule has 4 nitrogen and oxygen atoms in total. The van der Waals surface area contributed by atoms with Gasteiger partial charge in [0.05, 0.1) is 22.7 Å². The lowest BCUT2D eigenvalue weighted by Gasteiger charge is -2.39. The number of hydrogen-bond acceptors (Lipinski definition) is 3. The first-order valence-electron chi connectivity index (χ1n) is 12.7. The maximum Gasteiger partial charge on any atom is 0.232 e.